The summed E-state index contributed by atoms with van der Waals surface area (Å²) < 4.78 is 0. The standard InChI is InChI=1S/C23H27ClN4O2/c1-18-4-2-6-20(16-18)25-8-12-27(13-9-25)22(29)23(30)28-14-10-26(11-15-28)21-7-3-5-19(24)17-21/h2-7,16-17H,8-15H2,1H3. The molecule has 0 N–H and O–H groups in total. The molecular formula is C23H27ClN4O2. The molecule has 30 heavy (non-hydrogen) atoms. The van der Waals surface area contributed by atoms with Crippen molar-refractivity contribution in [1.82, 2.24) is 9.80 Å². The third-order valence-corrected chi connectivity index (χ3v) is 6.09. The Morgan fingerprint density at radius 2 is 1.17 bits per heavy atom. The molecule has 6 nitrogen and oxygen atoms in total. The van der Waals surface area contributed by atoms with Crippen LogP contribution in [0.15, 0.2) is 48.5 Å². The first-order valence-electron chi connectivity index (χ1n) is 10.4. The largest absolute Gasteiger partial charge is 0.368 e. The number of piperazine rings is 2. The van der Waals surface area contributed by atoms with Gasteiger partial charge in [0.2, 0.25) is 0 Å². The molecule has 2 aromatic rings. The Bertz CT molecular complexity index is 843. The van der Waals surface area contributed by atoms with Crippen molar-refractivity contribution in [1.29, 1.82) is 0 Å². The first kappa shape index (κ1) is 20.5. The highest BCUT2D eigenvalue weighted by atomic mass is 35.5. The third-order valence-electron chi connectivity index (χ3n) is 5.86. The van der Waals surface area contributed by atoms with E-state index in [0.717, 1.165) is 18.8 Å². The summed E-state index contributed by atoms with van der Waals surface area (Å²) in [5.41, 5.74) is 3.44. The lowest BCUT2D eigenvalue weighted by Gasteiger charge is -2.39. The fourth-order valence-corrected chi connectivity index (χ4v) is 4.29. The summed E-state index contributed by atoms with van der Waals surface area (Å²) in [7, 11) is 0. The molecule has 2 amide bonds. The molecule has 2 aliphatic heterocycles. The van der Waals surface area contributed by atoms with Crippen LogP contribution in [0.4, 0.5) is 11.4 Å². The van der Waals surface area contributed by atoms with Crippen LogP contribution >= 0.6 is 11.6 Å². The summed E-state index contributed by atoms with van der Waals surface area (Å²) in [5.74, 6) is -0.764. The maximum absolute atomic E-state index is 12.8. The number of benzene rings is 2. The predicted molar refractivity (Wildman–Crippen MR) is 120 cm³/mol. The number of carbonyl (C=O) groups is 2. The van der Waals surface area contributed by atoms with Gasteiger partial charge in [-0.3, -0.25) is 9.59 Å². The van der Waals surface area contributed by atoms with Crippen molar-refractivity contribution < 1.29 is 9.59 Å². The zero-order valence-corrected chi connectivity index (χ0v) is 18.0. The fraction of sp³-hybridized carbons (Fsp3) is 0.391. The molecule has 0 spiro atoms. The molecule has 0 aliphatic carbocycles. The number of hydrogen-bond donors (Lipinski definition) is 0. The van der Waals surface area contributed by atoms with E-state index in [1.54, 1.807) is 9.80 Å². The van der Waals surface area contributed by atoms with Crippen LogP contribution in [0.1, 0.15) is 5.56 Å². The van der Waals surface area contributed by atoms with Crippen molar-refractivity contribution in [2.75, 3.05) is 62.2 Å². The maximum Gasteiger partial charge on any atom is 0.312 e. The summed E-state index contributed by atoms with van der Waals surface area (Å²) in [6.45, 7) is 7.17. The van der Waals surface area contributed by atoms with Gasteiger partial charge >= 0.3 is 11.8 Å². The number of aryl methyl sites for hydroxylation is 1. The molecule has 0 radical (unpaired) electrons. The topological polar surface area (TPSA) is 47.1 Å². The van der Waals surface area contributed by atoms with Crippen molar-refractivity contribution in [3.8, 4) is 0 Å². The monoisotopic (exact) mass is 426 g/mol. The summed E-state index contributed by atoms with van der Waals surface area (Å²) in [6.07, 6.45) is 0. The Labute approximate surface area is 182 Å². The minimum absolute atomic E-state index is 0.380. The summed E-state index contributed by atoms with van der Waals surface area (Å²) in [4.78, 5) is 33.4. The van der Waals surface area contributed by atoms with Crippen molar-refractivity contribution in [3.05, 3.63) is 59.1 Å². The smallest absolute Gasteiger partial charge is 0.312 e. The Morgan fingerprint density at radius 1 is 0.700 bits per heavy atom. The van der Waals surface area contributed by atoms with E-state index in [-0.39, 0.29) is 11.8 Å². The number of nitrogens with zero attached hydrogens (tertiary/aromatic N) is 4. The molecule has 0 atom stereocenters. The zero-order chi connectivity index (χ0) is 21.1. The van der Waals surface area contributed by atoms with Crippen molar-refractivity contribution in [2.45, 2.75) is 6.92 Å². The van der Waals surface area contributed by atoms with E-state index in [1.165, 1.54) is 11.3 Å². The average molecular weight is 427 g/mol. The fourth-order valence-electron chi connectivity index (χ4n) is 4.10. The molecule has 0 saturated carbocycles. The van der Waals surface area contributed by atoms with Crippen LogP contribution in [0.25, 0.3) is 0 Å². The van der Waals surface area contributed by atoms with Gasteiger partial charge < -0.3 is 19.6 Å². The average Bonchev–Trinajstić information content (AvgIpc) is 2.78. The van der Waals surface area contributed by atoms with Gasteiger partial charge in [0.1, 0.15) is 0 Å². The van der Waals surface area contributed by atoms with Crippen LogP contribution in [-0.4, -0.2) is 74.0 Å². The third kappa shape index (κ3) is 4.54. The van der Waals surface area contributed by atoms with Crippen LogP contribution in [0, 0.1) is 6.92 Å². The second kappa shape index (κ2) is 8.96. The van der Waals surface area contributed by atoms with Crippen molar-refractivity contribution >= 4 is 34.8 Å². The van der Waals surface area contributed by atoms with Crippen LogP contribution in [0.2, 0.25) is 5.02 Å². The van der Waals surface area contributed by atoms with Gasteiger partial charge in [-0.25, -0.2) is 0 Å². The Morgan fingerprint density at radius 3 is 1.63 bits per heavy atom. The number of rotatable bonds is 2. The predicted octanol–water partition coefficient (Wildman–Crippen LogP) is 2.65. The van der Waals surface area contributed by atoms with Gasteiger partial charge in [0.15, 0.2) is 0 Å². The SMILES string of the molecule is Cc1cccc(N2CCN(C(=O)C(=O)N3CCN(c4cccc(Cl)c4)CC3)CC2)c1. The molecule has 7 heteroatoms. The van der Waals surface area contributed by atoms with Gasteiger partial charge in [0.25, 0.3) is 0 Å². The zero-order valence-electron chi connectivity index (χ0n) is 17.3. The first-order valence-corrected chi connectivity index (χ1v) is 10.8. The molecule has 2 aromatic carbocycles. The Balaban J connectivity index is 1.29. The lowest BCUT2D eigenvalue weighted by Crippen LogP contribution is -2.56. The van der Waals surface area contributed by atoms with Crippen molar-refractivity contribution in [2.24, 2.45) is 0 Å². The molecular weight excluding hydrogens is 400 g/mol. The van der Waals surface area contributed by atoms with E-state index in [1.807, 2.05) is 24.3 Å². The van der Waals surface area contributed by atoms with Gasteiger partial charge in [-0.2, -0.15) is 0 Å². The van der Waals surface area contributed by atoms with Crippen LogP contribution < -0.4 is 9.80 Å². The van der Waals surface area contributed by atoms with Crippen LogP contribution in [-0.2, 0) is 9.59 Å². The highest BCUT2D eigenvalue weighted by Gasteiger charge is 2.31. The normalized spacial score (nSPS) is 17.3. The number of carbonyl (C=O) groups excluding carboxylic acids is 2. The van der Waals surface area contributed by atoms with Crippen molar-refractivity contribution in [3.63, 3.8) is 0 Å². The molecule has 0 unspecified atom stereocenters. The number of anilines is 2. The van der Waals surface area contributed by atoms with E-state index in [4.69, 9.17) is 11.6 Å². The maximum atomic E-state index is 12.8. The van der Waals surface area contributed by atoms with E-state index in [9.17, 15) is 9.59 Å². The number of halogens is 1. The van der Waals surface area contributed by atoms with Gasteiger partial charge in [-0.1, -0.05) is 29.8 Å². The van der Waals surface area contributed by atoms with Crippen LogP contribution in [0.5, 0.6) is 0 Å². The Kier molecular flexibility index (Phi) is 6.13. The Hall–Kier alpha value is -2.73. The minimum Gasteiger partial charge on any atom is -0.368 e. The summed E-state index contributed by atoms with van der Waals surface area (Å²) in [6, 6.07) is 16.1. The molecule has 2 saturated heterocycles. The van der Waals surface area contributed by atoms with Gasteiger partial charge in [-0.05, 0) is 42.8 Å². The second-order valence-corrected chi connectivity index (χ2v) is 8.31. The molecule has 0 aromatic heterocycles. The first-order chi connectivity index (χ1) is 14.5. The van der Waals surface area contributed by atoms with E-state index >= 15 is 0 Å². The number of hydrogen-bond acceptors (Lipinski definition) is 4. The minimum atomic E-state index is -0.384. The molecule has 4 rings (SSSR count). The highest BCUT2D eigenvalue weighted by Crippen LogP contribution is 2.21. The van der Waals surface area contributed by atoms with E-state index in [2.05, 4.69) is 41.0 Å². The number of amides is 2. The molecule has 2 heterocycles. The quantitative estimate of drug-likeness (QED) is 0.693. The molecule has 0 bridgehead atoms. The van der Waals surface area contributed by atoms with E-state index in [0.29, 0.717) is 44.3 Å². The van der Waals surface area contributed by atoms with Gasteiger partial charge in [0.05, 0.1) is 0 Å². The van der Waals surface area contributed by atoms with Gasteiger partial charge in [0, 0.05) is 68.8 Å². The molecule has 158 valence electrons. The highest BCUT2D eigenvalue weighted by molar-refractivity contribution is 6.35. The lowest BCUT2D eigenvalue weighted by molar-refractivity contribution is -0.152. The van der Waals surface area contributed by atoms with Gasteiger partial charge in [-0.15, -0.1) is 0 Å². The van der Waals surface area contributed by atoms with Crippen LogP contribution in [0.3, 0.4) is 0 Å². The summed E-state index contributed by atoms with van der Waals surface area (Å²) in [5, 5.41) is 0.700. The second-order valence-electron chi connectivity index (χ2n) is 7.88. The summed E-state index contributed by atoms with van der Waals surface area (Å²) >= 11 is 6.08. The molecule has 2 aliphatic rings. The lowest BCUT2D eigenvalue weighted by atomic mass is 10.2. The molecule has 2 fully saturated rings. The van der Waals surface area contributed by atoms with E-state index < -0.39 is 0 Å².